The van der Waals surface area contributed by atoms with Crippen molar-refractivity contribution in [2.75, 3.05) is 11.4 Å². The molecule has 1 saturated heterocycles. The van der Waals surface area contributed by atoms with E-state index in [-0.39, 0.29) is 24.4 Å². The van der Waals surface area contributed by atoms with Crippen LogP contribution in [0.25, 0.3) is 0 Å². The number of carbonyl (C=O) groups is 2. The SMILES string of the molecule is O=C(N/N=C\c1ccccc1C(F)(F)F)[C@H]1CC(=O)N(c2ccc(Cl)cc2)C1. The molecule has 0 aliphatic carbocycles. The molecule has 1 N–H and O–H groups in total. The van der Waals surface area contributed by atoms with Crippen LogP contribution in [0.1, 0.15) is 17.5 Å². The lowest BCUT2D eigenvalue weighted by atomic mass is 10.1. The predicted molar refractivity (Wildman–Crippen MR) is 99.1 cm³/mol. The first-order valence-electron chi connectivity index (χ1n) is 8.31. The lowest BCUT2D eigenvalue weighted by Gasteiger charge is -2.16. The van der Waals surface area contributed by atoms with Crippen molar-refractivity contribution in [1.29, 1.82) is 0 Å². The molecule has 0 radical (unpaired) electrons. The number of nitrogens with zero attached hydrogens (tertiary/aromatic N) is 2. The number of rotatable bonds is 4. The predicted octanol–water partition coefficient (Wildman–Crippen LogP) is 3.86. The molecule has 2 aromatic carbocycles. The van der Waals surface area contributed by atoms with Crippen molar-refractivity contribution < 1.29 is 22.8 Å². The smallest absolute Gasteiger partial charge is 0.312 e. The highest BCUT2D eigenvalue weighted by atomic mass is 35.5. The van der Waals surface area contributed by atoms with E-state index in [1.54, 1.807) is 24.3 Å². The minimum atomic E-state index is -4.52. The van der Waals surface area contributed by atoms with E-state index in [0.717, 1.165) is 12.3 Å². The quantitative estimate of drug-likeness (QED) is 0.615. The van der Waals surface area contributed by atoms with Crippen LogP contribution in [-0.4, -0.2) is 24.6 Å². The number of hydrogen-bond donors (Lipinski definition) is 1. The monoisotopic (exact) mass is 409 g/mol. The molecule has 1 aliphatic heterocycles. The summed E-state index contributed by atoms with van der Waals surface area (Å²) >= 11 is 5.83. The summed E-state index contributed by atoms with van der Waals surface area (Å²) < 4.78 is 38.9. The fourth-order valence-electron chi connectivity index (χ4n) is 2.88. The lowest BCUT2D eigenvalue weighted by molar-refractivity contribution is -0.137. The van der Waals surface area contributed by atoms with Crippen LogP contribution < -0.4 is 10.3 Å². The van der Waals surface area contributed by atoms with Gasteiger partial charge >= 0.3 is 6.18 Å². The van der Waals surface area contributed by atoms with E-state index in [1.165, 1.54) is 23.1 Å². The molecular weight excluding hydrogens is 395 g/mol. The summed E-state index contributed by atoms with van der Waals surface area (Å²) in [7, 11) is 0. The summed E-state index contributed by atoms with van der Waals surface area (Å²) in [4.78, 5) is 25.9. The molecule has 0 unspecified atom stereocenters. The van der Waals surface area contributed by atoms with Crippen molar-refractivity contribution in [1.82, 2.24) is 5.43 Å². The number of hydrogen-bond acceptors (Lipinski definition) is 3. The van der Waals surface area contributed by atoms with E-state index in [9.17, 15) is 22.8 Å². The minimum Gasteiger partial charge on any atom is -0.312 e. The summed E-state index contributed by atoms with van der Waals surface area (Å²) in [5.74, 6) is -1.42. The van der Waals surface area contributed by atoms with Crippen molar-refractivity contribution in [3.63, 3.8) is 0 Å². The fraction of sp³-hybridized carbons (Fsp3) is 0.211. The van der Waals surface area contributed by atoms with E-state index >= 15 is 0 Å². The molecule has 0 aromatic heterocycles. The minimum absolute atomic E-state index is 0.0108. The number of hydrazone groups is 1. The Morgan fingerprint density at radius 3 is 2.54 bits per heavy atom. The first kappa shape index (κ1) is 19.9. The second-order valence-electron chi connectivity index (χ2n) is 6.20. The van der Waals surface area contributed by atoms with Crippen LogP contribution in [-0.2, 0) is 15.8 Å². The van der Waals surface area contributed by atoms with Crippen molar-refractivity contribution >= 4 is 35.3 Å². The Kier molecular flexibility index (Phi) is 5.69. The molecule has 1 heterocycles. The van der Waals surface area contributed by atoms with Gasteiger partial charge in [0.05, 0.1) is 17.7 Å². The molecular formula is C19H15ClF3N3O2. The molecule has 2 aromatic rings. The average molecular weight is 410 g/mol. The third-order valence-electron chi connectivity index (χ3n) is 4.28. The number of halogens is 4. The molecule has 2 amide bonds. The highest BCUT2D eigenvalue weighted by Gasteiger charge is 2.35. The molecule has 1 fully saturated rings. The van der Waals surface area contributed by atoms with Crippen molar-refractivity contribution in [3.8, 4) is 0 Å². The van der Waals surface area contributed by atoms with Gasteiger partial charge in [-0.15, -0.1) is 0 Å². The molecule has 146 valence electrons. The van der Waals surface area contributed by atoms with Gasteiger partial charge in [-0.05, 0) is 30.3 Å². The number of nitrogens with one attached hydrogen (secondary N) is 1. The van der Waals surface area contributed by atoms with Gasteiger partial charge in [0.2, 0.25) is 11.8 Å². The van der Waals surface area contributed by atoms with Crippen LogP contribution in [0.4, 0.5) is 18.9 Å². The standard InChI is InChI=1S/C19H15ClF3N3O2/c20-14-5-7-15(8-6-14)26-11-13(9-17(26)27)18(28)25-24-10-12-3-1-2-4-16(12)19(21,22)23/h1-8,10,13H,9,11H2,(H,25,28)/b24-10-/t13-/m0/s1. The Morgan fingerprint density at radius 2 is 1.86 bits per heavy atom. The van der Waals surface area contributed by atoms with E-state index < -0.39 is 23.6 Å². The number of benzene rings is 2. The van der Waals surface area contributed by atoms with Gasteiger partial charge in [-0.3, -0.25) is 9.59 Å². The van der Waals surface area contributed by atoms with Gasteiger partial charge in [-0.25, -0.2) is 5.43 Å². The van der Waals surface area contributed by atoms with Gasteiger partial charge < -0.3 is 4.90 Å². The van der Waals surface area contributed by atoms with E-state index in [0.29, 0.717) is 10.7 Å². The van der Waals surface area contributed by atoms with Gasteiger partial charge in [0.25, 0.3) is 0 Å². The Labute approximate surface area is 163 Å². The Hall–Kier alpha value is -2.87. The van der Waals surface area contributed by atoms with Gasteiger partial charge in [0, 0.05) is 29.2 Å². The number of alkyl halides is 3. The topological polar surface area (TPSA) is 61.8 Å². The van der Waals surface area contributed by atoms with Gasteiger partial charge in [0.1, 0.15) is 0 Å². The van der Waals surface area contributed by atoms with Crippen LogP contribution in [0.2, 0.25) is 5.02 Å². The normalized spacial score (nSPS) is 17.4. The molecule has 9 heteroatoms. The van der Waals surface area contributed by atoms with E-state index in [1.807, 2.05) is 0 Å². The van der Waals surface area contributed by atoms with Crippen LogP contribution in [0.3, 0.4) is 0 Å². The van der Waals surface area contributed by atoms with Crippen molar-refractivity contribution in [2.24, 2.45) is 11.0 Å². The molecule has 0 saturated carbocycles. The van der Waals surface area contributed by atoms with Gasteiger partial charge in [-0.1, -0.05) is 29.8 Å². The zero-order valence-electron chi connectivity index (χ0n) is 14.4. The summed E-state index contributed by atoms with van der Waals surface area (Å²) in [5.41, 5.74) is 1.82. The zero-order valence-corrected chi connectivity index (χ0v) is 15.2. The maximum absolute atomic E-state index is 13.0. The lowest BCUT2D eigenvalue weighted by Crippen LogP contribution is -2.30. The van der Waals surface area contributed by atoms with E-state index in [2.05, 4.69) is 10.5 Å². The molecule has 0 spiro atoms. The maximum Gasteiger partial charge on any atom is 0.417 e. The second-order valence-corrected chi connectivity index (χ2v) is 6.64. The van der Waals surface area contributed by atoms with Gasteiger partial charge in [-0.2, -0.15) is 18.3 Å². The van der Waals surface area contributed by atoms with Crippen LogP contribution in [0.15, 0.2) is 53.6 Å². The highest BCUT2D eigenvalue weighted by molar-refractivity contribution is 6.30. The first-order valence-corrected chi connectivity index (χ1v) is 8.68. The summed E-state index contributed by atoms with van der Waals surface area (Å²) in [5, 5.41) is 4.15. The first-order chi connectivity index (χ1) is 13.3. The molecule has 3 rings (SSSR count). The summed E-state index contributed by atoms with van der Waals surface area (Å²) in [6.07, 6.45) is -3.60. The highest BCUT2D eigenvalue weighted by Crippen LogP contribution is 2.31. The Balaban J connectivity index is 1.64. The summed E-state index contributed by atoms with van der Waals surface area (Å²) in [6, 6.07) is 11.5. The zero-order chi connectivity index (χ0) is 20.3. The van der Waals surface area contributed by atoms with E-state index in [4.69, 9.17) is 11.6 Å². The van der Waals surface area contributed by atoms with Gasteiger partial charge in [0.15, 0.2) is 0 Å². The molecule has 5 nitrogen and oxygen atoms in total. The molecule has 1 atom stereocenters. The summed E-state index contributed by atoms with van der Waals surface area (Å²) in [6.45, 7) is 0.154. The number of carbonyl (C=O) groups excluding carboxylic acids is 2. The largest absolute Gasteiger partial charge is 0.417 e. The molecule has 1 aliphatic rings. The third-order valence-corrected chi connectivity index (χ3v) is 4.53. The van der Waals surface area contributed by atoms with Crippen molar-refractivity contribution in [3.05, 3.63) is 64.7 Å². The average Bonchev–Trinajstić information content (AvgIpc) is 3.04. The fourth-order valence-corrected chi connectivity index (χ4v) is 3.00. The number of anilines is 1. The van der Waals surface area contributed by atoms with Crippen molar-refractivity contribution in [2.45, 2.75) is 12.6 Å². The maximum atomic E-state index is 13.0. The Bertz CT molecular complexity index is 913. The van der Waals surface area contributed by atoms with Crippen LogP contribution in [0.5, 0.6) is 0 Å². The van der Waals surface area contributed by atoms with Crippen LogP contribution >= 0.6 is 11.6 Å². The second kappa shape index (κ2) is 8.02. The third kappa shape index (κ3) is 4.51. The number of amides is 2. The molecule has 28 heavy (non-hydrogen) atoms. The Morgan fingerprint density at radius 1 is 1.18 bits per heavy atom. The molecule has 0 bridgehead atoms. The van der Waals surface area contributed by atoms with Crippen LogP contribution in [0, 0.1) is 5.92 Å².